The van der Waals surface area contributed by atoms with Crippen LogP contribution in [-0.4, -0.2) is 23.1 Å². The average Bonchev–Trinajstić information content (AvgIpc) is 2.51. The number of carbonyl (C=O) groups is 2. The third-order valence-corrected chi connectivity index (χ3v) is 3.95. The van der Waals surface area contributed by atoms with Crippen molar-refractivity contribution in [3.8, 4) is 0 Å². The van der Waals surface area contributed by atoms with Gasteiger partial charge in [0.15, 0.2) is 0 Å². The Hall–Kier alpha value is -1.95. The smallest absolute Gasteiger partial charge is 0.326 e. The Kier molecular flexibility index (Phi) is 6.31. The zero-order valence-electron chi connectivity index (χ0n) is 12.2. The standard InChI is InChI=1S/C16H13Cl3N2O3/c17-10-7-11(18)14(12(19)8-10)21-16(24)20-13(15(22)23)6-9-4-2-1-3-5-9/h1-5,7-8,13H,6H2,(H,22,23)(H2,20,21,24)/t13-/m0/s1. The van der Waals surface area contributed by atoms with E-state index < -0.39 is 18.0 Å². The van der Waals surface area contributed by atoms with E-state index in [4.69, 9.17) is 34.8 Å². The third-order valence-electron chi connectivity index (χ3n) is 3.13. The maximum Gasteiger partial charge on any atom is 0.326 e. The van der Waals surface area contributed by atoms with E-state index in [1.807, 2.05) is 6.07 Å². The molecule has 0 aliphatic carbocycles. The molecule has 0 fully saturated rings. The van der Waals surface area contributed by atoms with Crippen molar-refractivity contribution in [3.05, 3.63) is 63.1 Å². The van der Waals surface area contributed by atoms with Gasteiger partial charge in [-0.25, -0.2) is 9.59 Å². The van der Waals surface area contributed by atoms with Crippen molar-refractivity contribution in [2.45, 2.75) is 12.5 Å². The Morgan fingerprint density at radius 3 is 2.17 bits per heavy atom. The van der Waals surface area contributed by atoms with Gasteiger partial charge >= 0.3 is 12.0 Å². The van der Waals surface area contributed by atoms with Gasteiger partial charge in [0.05, 0.1) is 15.7 Å². The van der Waals surface area contributed by atoms with Crippen LogP contribution in [0.15, 0.2) is 42.5 Å². The summed E-state index contributed by atoms with van der Waals surface area (Å²) in [5, 5.41) is 14.7. The average molecular weight is 388 g/mol. The van der Waals surface area contributed by atoms with Gasteiger partial charge in [-0.3, -0.25) is 0 Å². The highest BCUT2D eigenvalue weighted by Crippen LogP contribution is 2.33. The summed E-state index contributed by atoms with van der Waals surface area (Å²) < 4.78 is 0. The van der Waals surface area contributed by atoms with E-state index in [1.54, 1.807) is 24.3 Å². The number of carboxylic acids is 1. The molecule has 0 aliphatic heterocycles. The molecule has 0 heterocycles. The fourth-order valence-electron chi connectivity index (χ4n) is 2.02. The van der Waals surface area contributed by atoms with Gasteiger partial charge in [0.25, 0.3) is 0 Å². The van der Waals surface area contributed by atoms with Gasteiger partial charge in [-0.15, -0.1) is 0 Å². The molecule has 0 saturated heterocycles. The van der Waals surface area contributed by atoms with Gasteiger partial charge < -0.3 is 15.7 Å². The number of aliphatic carboxylic acids is 1. The lowest BCUT2D eigenvalue weighted by atomic mass is 10.1. The van der Waals surface area contributed by atoms with Gasteiger partial charge in [-0.1, -0.05) is 65.1 Å². The second kappa shape index (κ2) is 8.24. The van der Waals surface area contributed by atoms with Crippen LogP contribution in [0.1, 0.15) is 5.56 Å². The first-order valence-electron chi connectivity index (χ1n) is 6.85. The van der Waals surface area contributed by atoms with E-state index in [0.717, 1.165) is 5.56 Å². The molecule has 24 heavy (non-hydrogen) atoms. The van der Waals surface area contributed by atoms with E-state index >= 15 is 0 Å². The largest absolute Gasteiger partial charge is 0.480 e. The number of anilines is 1. The fourth-order valence-corrected chi connectivity index (χ4v) is 2.93. The SMILES string of the molecule is O=C(Nc1c(Cl)cc(Cl)cc1Cl)N[C@@H](Cc1ccccc1)C(=O)O. The molecule has 2 rings (SSSR count). The molecule has 0 spiro atoms. The predicted octanol–water partition coefficient (Wildman–Crippen LogP) is 4.46. The molecule has 0 bridgehead atoms. The van der Waals surface area contributed by atoms with Crippen LogP contribution >= 0.6 is 34.8 Å². The number of benzene rings is 2. The maximum absolute atomic E-state index is 12.1. The Morgan fingerprint density at radius 1 is 1.04 bits per heavy atom. The number of hydrogen-bond donors (Lipinski definition) is 3. The first kappa shape index (κ1) is 18.4. The topological polar surface area (TPSA) is 78.4 Å². The molecule has 5 nitrogen and oxygen atoms in total. The van der Waals surface area contributed by atoms with Crippen molar-refractivity contribution in [1.82, 2.24) is 5.32 Å². The van der Waals surface area contributed by atoms with Crippen LogP contribution in [0.4, 0.5) is 10.5 Å². The lowest BCUT2D eigenvalue weighted by Gasteiger charge is -2.16. The molecule has 0 aliphatic rings. The number of amides is 2. The molecular weight excluding hydrogens is 375 g/mol. The summed E-state index contributed by atoms with van der Waals surface area (Å²) in [6, 6.07) is 9.98. The Morgan fingerprint density at radius 2 is 1.62 bits per heavy atom. The van der Waals surface area contributed by atoms with Crippen molar-refractivity contribution >= 4 is 52.5 Å². The molecule has 2 aromatic carbocycles. The van der Waals surface area contributed by atoms with Crippen LogP contribution in [0.2, 0.25) is 15.1 Å². The molecule has 0 aromatic heterocycles. The van der Waals surface area contributed by atoms with Gasteiger partial charge in [-0.05, 0) is 17.7 Å². The van der Waals surface area contributed by atoms with Gasteiger partial charge in [0.1, 0.15) is 6.04 Å². The molecule has 126 valence electrons. The number of carbonyl (C=O) groups excluding carboxylic acids is 1. The lowest BCUT2D eigenvalue weighted by Crippen LogP contribution is -2.44. The van der Waals surface area contributed by atoms with E-state index in [2.05, 4.69) is 10.6 Å². The Labute approximate surface area is 153 Å². The third kappa shape index (κ3) is 5.03. The minimum absolute atomic E-state index is 0.145. The summed E-state index contributed by atoms with van der Waals surface area (Å²) in [5.74, 6) is -1.15. The van der Waals surface area contributed by atoms with Crippen molar-refractivity contribution in [2.24, 2.45) is 0 Å². The van der Waals surface area contributed by atoms with Crippen LogP contribution < -0.4 is 10.6 Å². The summed E-state index contributed by atoms with van der Waals surface area (Å²) in [5.41, 5.74) is 0.942. The normalized spacial score (nSPS) is 11.6. The maximum atomic E-state index is 12.1. The molecule has 0 unspecified atom stereocenters. The number of urea groups is 1. The molecule has 0 radical (unpaired) electrons. The predicted molar refractivity (Wildman–Crippen MR) is 95.2 cm³/mol. The fraction of sp³-hybridized carbons (Fsp3) is 0.125. The quantitative estimate of drug-likeness (QED) is 0.708. The number of halogens is 3. The summed E-state index contributed by atoms with van der Waals surface area (Å²) in [6.45, 7) is 0. The minimum atomic E-state index is -1.15. The summed E-state index contributed by atoms with van der Waals surface area (Å²) in [7, 11) is 0. The summed E-state index contributed by atoms with van der Waals surface area (Å²) in [4.78, 5) is 23.4. The first-order valence-corrected chi connectivity index (χ1v) is 7.99. The van der Waals surface area contributed by atoms with E-state index in [-0.39, 0.29) is 22.2 Å². The Bertz CT molecular complexity index is 730. The van der Waals surface area contributed by atoms with E-state index in [1.165, 1.54) is 12.1 Å². The van der Waals surface area contributed by atoms with Crippen LogP contribution in [-0.2, 0) is 11.2 Å². The van der Waals surface area contributed by atoms with Crippen LogP contribution in [0, 0.1) is 0 Å². The van der Waals surface area contributed by atoms with Crippen molar-refractivity contribution in [1.29, 1.82) is 0 Å². The first-order chi connectivity index (χ1) is 11.4. The van der Waals surface area contributed by atoms with Crippen molar-refractivity contribution in [3.63, 3.8) is 0 Å². The molecule has 2 amide bonds. The second-order valence-corrected chi connectivity index (χ2v) is 6.17. The molecule has 8 heteroatoms. The highest BCUT2D eigenvalue weighted by molar-refractivity contribution is 6.42. The lowest BCUT2D eigenvalue weighted by molar-refractivity contribution is -0.139. The molecule has 3 N–H and O–H groups in total. The zero-order valence-corrected chi connectivity index (χ0v) is 14.5. The molecule has 0 saturated carbocycles. The number of carboxylic acid groups (broad SMARTS) is 1. The van der Waals surface area contributed by atoms with Gasteiger partial charge in [0.2, 0.25) is 0 Å². The highest BCUT2D eigenvalue weighted by atomic mass is 35.5. The molecule has 2 aromatic rings. The second-order valence-electron chi connectivity index (χ2n) is 4.92. The summed E-state index contributed by atoms with van der Waals surface area (Å²) in [6.07, 6.45) is 0.145. The van der Waals surface area contributed by atoms with Crippen LogP contribution in [0.5, 0.6) is 0 Å². The van der Waals surface area contributed by atoms with Crippen molar-refractivity contribution < 1.29 is 14.7 Å². The number of hydrogen-bond acceptors (Lipinski definition) is 2. The van der Waals surface area contributed by atoms with E-state index in [0.29, 0.717) is 5.02 Å². The van der Waals surface area contributed by atoms with Gasteiger partial charge in [0, 0.05) is 11.4 Å². The Balaban J connectivity index is 2.07. The van der Waals surface area contributed by atoms with Crippen LogP contribution in [0.3, 0.4) is 0 Å². The molecule has 1 atom stereocenters. The summed E-state index contributed by atoms with van der Waals surface area (Å²) >= 11 is 17.8. The van der Waals surface area contributed by atoms with Gasteiger partial charge in [-0.2, -0.15) is 0 Å². The highest BCUT2D eigenvalue weighted by Gasteiger charge is 2.21. The molecular formula is C16H13Cl3N2O3. The zero-order chi connectivity index (χ0) is 17.7. The van der Waals surface area contributed by atoms with E-state index in [9.17, 15) is 14.7 Å². The van der Waals surface area contributed by atoms with Crippen molar-refractivity contribution in [2.75, 3.05) is 5.32 Å². The van der Waals surface area contributed by atoms with Crippen LogP contribution in [0.25, 0.3) is 0 Å². The monoisotopic (exact) mass is 386 g/mol. The number of nitrogens with one attached hydrogen (secondary N) is 2. The number of rotatable bonds is 5. The minimum Gasteiger partial charge on any atom is -0.480 e.